The Morgan fingerprint density at radius 1 is 1.12 bits per heavy atom. The van der Waals surface area contributed by atoms with E-state index in [4.69, 9.17) is 0 Å². The molecule has 0 saturated heterocycles. The number of nitrogens with zero attached hydrogens (tertiary/aromatic N) is 3. The van der Waals surface area contributed by atoms with Crippen molar-refractivity contribution in [1.82, 2.24) is 14.4 Å². The second-order valence-corrected chi connectivity index (χ2v) is 4.04. The summed E-state index contributed by atoms with van der Waals surface area (Å²) >= 11 is 0. The van der Waals surface area contributed by atoms with E-state index < -0.39 is 0 Å². The van der Waals surface area contributed by atoms with Gasteiger partial charge in [0.15, 0.2) is 5.65 Å². The number of benzene rings is 1. The highest BCUT2D eigenvalue weighted by Gasteiger charge is 2.21. The van der Waals surface area contributed by atoms with Crippen molar-refractivity contribution in [2.75, 3.05) is 0 Å². The van der Waals surface area contributed by atoms with E-state index in [2.05, 4.69) is 38.6 Å². The summed E-state index contributed by atoms with van der Waals surface area (Å²) in [6.45, 7) is 0. The van der Waals surface area contributed by atoms with Gasteiger partial charge in [0.2, 0.25) is 0 Å². The van der Waals surface area contributed by atoms with Crippen molar-refractivity contribution in [2.24, 2.45) is 0 Å². The number of rotatable bonds is 0. The zero-order valence-corrected chi connectivity index (χ0v) is 8.59. The summed E-state index contributed by atoms with van der Waals surface area (Å²) in [6, 6.07) is 8.44. The standard InChI is InChI=1S/C13H9N3/c1-2-4-10-9(3-1)7-11-13(10)15-8-12-14-5-6-16(11)12/h1-6,8H,7H2. The molecule has 2 heterocycles. The van der Waals surface area contributed by atoms with E-state index in [1.54, 1.807) is 0 Å². The first-order valence-electron chi connectivity index (χ1n) is 5.33. The lowest BCUT2D eigenvalue weighted by Gasteiger charge is -2.01. The maximum absolute atomic E-state index is 4.52. The fraction of sp³-hybridized carbons (Fsp3) is 0.0769. The van der Waals surface area contributed by atoms with Crippen LogP contribution in [0.4, 0.5) is 0 Å². The van der Waals surface area contributed by atoms with Crippen LogP contribution in [0, 0.1) is 0 Å². The monoisotopic (exact) mass is 207 g/mol. The molecule has 1 aliphatic rings. The minimum absolute atomic E-state index is 0.923. The average Bonchev–Trinajstić information content (AvgIpc) is 2.92. The van der Waals surface area contributed by atoms with Gasteiger partial charge >= 0.3 is 0 Å². The van der Waals surface area contributed by atoms with Crippen molar-refractivity contribution in [1.29, 1.82) is 0 Å². The Labute approximate surface area is 92.4 Å². The molecular formula is C13H9N3. The minimum atomic E-state index is 0.923. The summed E-state index contributed by atoms with van der Waals surface area (Å²) in [7, 11) is 0. The van der Waals surface area contributed by atoms with E-state index in [1.807, 2.05) is 18.6 Å². The van der Waals surface area contributed by atoms with Crippen molar-refractivity contribution in [3.05, 3.63) is 54.1 Å². The first kappa shape index (κ1) is 8.05. The van der Waals surface area contributed by atoms with Crippen molar-refractivity contribution in [3.8, 4) is 11.3 Å². The van der Waals surface area contributed by atoms with Gasteiger partial charge in [0.1, 0.15) is 0 Å². The first-order chi connectivity index (χ1) is 7.93. The highest BCUT2D eigenvalue weighted by Crippen LogP contribution is 2.34. The molecule has 1 aromatic carbocycles. The molecule has 0 aliphatic heterocycles. The maximum atomic E-state index is 4.52. The number of fused-ring (bicyclic) bond motifs is 5. The summed E-state index contributed by atoms with van der Waals surface area (Å²) in [4.78, 5) is 8.78. The predicted octanol–water partition coefficient (Wildman–Crippen LogP) is 2.30. The maximum Gasteiger partial charge on any atom is 0.155 e. The molecule has 0 amide bonds. The second kappa shape index (κ2) is 2.70. The fourth-order valence-electron chi connectivity index (χ4n) is 2.43. The molecular weight excluding hydrogens is 198 g/mol. The van der Waals surface area contributed by atoms with E-state index in [1.165, 1.54) is 16.8 Å². The number of hydrogen-bond donors (Lipinski definition) is 0. The second-order valence-electron chi connectivity index (χ2n) is 4.04. The Bertz CT molecular complexity index is 697. The van der Waals surface area contributed by atoms with Crippen LogP contribution in [0.3, 0.4) is 0 Å². The Hall–Kier alpha value is -2.16. The molecule has 2 aromatic heterocycles. The van der Waals surface area contributed by atoms with E-state index in [0.29, 0.717) is 0 Å². The van der Waals surface area contributed by atoms with Crippen molar-refractivity contribution < 1.29 is 0 Å². The van der Waals surface area contributed by atoms with Gasteiger partial charge in [-0.2, -0.15) is 0 Å². The van der Waals surface area contributed by atoms with Gasteiger partial charge in [-0.05, 0) is 5.56 Å². The predicted molar refractivity (Wildman–Crippen MR) is 61.2 cm³/mol. The molecule has 4 rings (SSSR count). The van der Waals surface area contributed by atoms with Gasteiger partial charge in [-0.15, -0.1) is 0 Å². The molecule has 0 spiro atoms. The molecule has 3 heteroatoms. The van der Waals surface area contributed by atoms with Crippen molar-refractivity contribution in [3.63, 3.8) is 0 Å². The summed E-state index contributed by atoms with van der Waals surface area (Å²) in [6.07, 6.45) is 6.61. The average molecular weight is 207 g/mol. The molecule has 0 N–H and O–H groups in total. The zero-order chi connectivity index (χ0) is 10.5. The lowest BCUT2D eigenvalue weighted by molar-refractivity contribution is 1.02. The molecule has 3 aromatic rings. The van der Waals surface area contributed by atoms with Crippen LogP contribution < -0.4 is 0 Å². The molecule has 0 bridgehead atoms. The lowest BCUT2D eigenvalue weighted by Crippen LogP contribution is -1.95. The largest absolute Gasteiger partial charge is 0.300 e. The quantitative estimate of drug-likeness (QED) is 0.443. The Morgan fingerprint density at radius 3 is 3.06 bits per heavy atom. The summed E-state index contributed by atoms with van der Waals surface area (Å²) in [5.74, 6) is 0. The number of aromatic nitrogens is 3. The van der Waals surface area contributed by atoms with Crippen LogP contribution in [0.2, 0.25) is 0 Å². The van der Waals surface area contributed by atoms with E-state index in [0.717, 1.165) is 17.8 Å². The third kappa shape index (κ3) is 0.877. The summed E-state index contributed by atoms with van der Waals surface area (Å²) in [5.41, 5.74) is 5.88. The third-order valence-electron chi connectivity index (χ3n) is 3.17. The Kier molecular flexibility index (Phi) is 1.36. The highest BCUT2D eigenvalue weighted by molar-refractivity contribution is 5.73. The molecule has 0 radical (unpaired) electrons. The van der Waals surface area contributed by atoms with Gasteiger partial charge in [0, 0.05) is 24.4 Å². The van der Waals surface area contributed by atoms with Crippen LogP contribution in [0.1, 0.15) is 11.3 Å². The topological polar surface area (TPSA) is 30.2 Å². The molecule has 0 unspecified atom stereocenters. The number of imidazole rings is 1. The van der Waals surface area contributed by atoms with Gasteiger partial charge in [-0.3, -0.25) is 4.98 Å². The zero-order valence-electron chi connectivity index (χ0n) is 8.59. The Balaban J connectivity index is 2.13. The van der Waals surface area contributed by atoms with E-state index in [-0.39, 0.29) is 0 Å². The van der Waals surface area contributed by atoms with Gasteiger partial charge in [0.25, 0.3) is 0 Å². The molecule has 0 fully saturated rings. The third-order valence-corrected chi connectivity index (χ3v) is 3.17. The molecule has 1 aliphatic carbocycles. The van der Waals surface area contributed by atoms with E-state index in [9.17, 15) is 0 Å². The SMILES string of the molecule is c1ccc2c(c1)Cc1c-2ncc2nccn12. The molecule has 76 valence electrons. The fourth-order valence-corrected chi connectivity index (χ4v) is 2.43. The van der Waals surface area contributed by atoms with Crippen LogP contribution >= 0.6 is 0 Å². The first-order valence-corrected chi connectivity index (χ1v) is 5.33. The molecule has 0 atom stereocenters. The molecule has 16 heavy (non-hydrogen) atoms. The Morgan fingerprint density at radius 2 is 2.06 bits per heavy atom. The van der Waals surface area contributed by atoms with Gasteiger partial charge < -0.3 is 4.40 Å². The van der Waals surface area contributed by atoms with Crippen LogP contribution in [-0.4, -0.2) is 14.4 Å². The minimum Gasteiger partial charge on any atom is -0.300 e. The van der Waals surface area contributed by atoms with E-state index >= 15 is 0 Å². The van der Waals surface area contributed by atoms with Crippen LogP contribution in [0.5, 0.6) is 0 Å². The highest BCUT2D eigenvalue weighted by atomic mass is 15.0. The van der Waals surface area contributed by atoms with Crippen LogP contribution in [0.15, 0.2) is 42.9 Å². The normalized spacial score (nSPS) is 12.8. The van der Waals surface area contributed by atoms with Crippen LogP contribution in [-0.2, 0) is 6.42 Å². The summed E-state index contributed by atoms with van der Waals surface area (Å²) < 4.78 is 2.13. The van der Waals surface area contributed by atoms with Gasteiger partial charge in [-0.25, -0.2) is 4.98 Å². The summed E-state index contributed by atoms with van der Waals surface area (Å²) in [5, 5.41) is 0. The van der Waals surface area contributed by atoms with Crippen molar-refractivity contribution >= 4 is 5.65 Å². The molecule has 0 saturated carbocycles. The van der Waals surface area contributed by atoms with Crippen molar-refractivity contribution in [2.45, 2.75) is 6.42 Å². The molecule has 3 nitrogen and oxygen atoms in total. The van der Waals surface area contributed by atoms with Gasteiger partial charge in [0.05, 0.1) is 17.6 Å². The van der Waals surface area contributed by atoms with Crippen LogP contribution in [0.25, 0.3) is 16.9 Å². The lowest BCUT2D eigenvalue weighted by atomic mass is 10.1. The number of hydrogen-bond acceptors (Lipinski definition) is 2. The van der Waals surface area contributed by atoms with Gasteiger partial charge in [-0.1, -0.05) is 24.3 Å². The smallest absolute Gasteiger partial charge is 0.155 e.